The number of thiophene rings is 1. The Balaban J connectivity index is 1.44. The van der Waals surface area contributed by atoms with E-state index >= 15 is 0 Å². The summed E-state index contributed by atoms with van der Waals surface area (Å²) in [7, 11) is 0. The van der Waals surface area contributed by atoms with Crippen molar-refractivity contribution in [2.45, 2.75) is 30.8 Å². The van der Waals surface area contributed by atoms with Gasteiger partial charge in [0.15, 0.2) is 5.66 Å². The molecule has 13 heteroatoms. The zero-order valence-electron chi connectivity index (χ0n) is 25.2. The molecule has 47 heavy (non-hydrogen) atoms. The second-order valence-electron chi connectivity index (χ2n) is 11.3. The van der Waals surface area contributed by atoms with Gasteiger partial charge in [0.25, 0.3) is 11.8 Å². The van der Waals surface area contributed by atoms with Crippen molar-refractivity contribution in [2.24, 2.45) is 0 Å². The Labute approximate surface area is 284 Å². The van der Waals surface area contributed by atoms with E-state index in [0.717, 1.165) is 23.3 Å². The number of piperazine rings is 1. The fourth-order valence-electron chi connectivity index (χ4n) is 6.15. The molecule has 3 aromatic carbocycles. The number of alkyl halides is 3. The molecule has 2 aliphatic heterocycles. The van der Waals surface area contributed by atoms with Crippen molar-refractivity contribution < 1.29 is 27.5 Å². The van der Waals surface area contributed by atoms with E-state index in [9.17, 15) is 22.8 Å². The summed E-state index contributed by atoms with van der Waals surface area (Å²) in [6.07, 6.45) is -4.62. The number of benzene rings is 3. The molecular weight excluding hydrogens is 672 g/mol. The molecule has 0 saturated carbocycles. The molecule has 1 aromatic heterocycles. The van der Waals surface area contributed by atoms with Gasteiger partial charge >= 0.3 is 6.18 Å². The molecule has 0 radical (unpaired) electrons. The maximum atomic E-state index is 14.9. The molecule has 7 nitrogen and oxygen atoms in total. The molecule has 246 valence electrons. The second kappa shape index (κ2) is 13.5. The Hall–Kier alpha value is -3.61. The smallest absolute Gasteiger partial charge is 0.416 e. The molecule has 3 heterocycles. The van der Waals surface area contributed by atoms with Gasteiger partial charge in [-0.2, -0.15) is 13.2 Å². The van der Waals surface area contributed by atoms with Crippen LogP contribution in [0.25, 0.3) is 0 Å². The van der Waals surface area contributed by atoms with Crippen molar-refractivity contribution in [3.05, 3.63) is 121 Å². The van der Waals surface area contributed by atoms with Gasteiger partial charge in [0.1, 0.15) is 5.75 Å². The van der Waals surface area contributed by atoms with E-state index < -0.39 is 35.4 Å². The van der Waals surface area contributed by atoms with Crippen LogP contribution in [0.15, 0.2) is 84.2 Å². The van der Waals surface area contributed by atoms with Crippen LogP contribution >= 0.6 is 34.5 Å². The van der Waals surface area contributed by atoms with Gasteiger partial charge in [0.2, 0.25) is 0 Å². The van der Waals surface area contributed by atoms with Crippen LogP contribution in [-0.2, 0) is 16.6 Å². The molecule has 2 amide bonds. The highest BCUT2D eigenvalue weighted by Gasteiger charge is 2.55. The van der Waals surface area contributed by atoms with E-state index in [4.69, 9.17) is 27.9 Å². The summed E-state index contributed by atoms with van der Waals surface area (Å²) in [4.78, 5) is 31.9. The highest BCUT2D eigenvalue weighted by atomic mass is 35.5. The van der Waals surface area contributed by atoms with E-state index in [1.165, 1.54) is 17.4 Å². The number of nitrogens with one attached hydrogen (secondary N) is 2. The van der Waals surface area contributed by atoms with Crippen LogP contribution in [0.2, 0.25) is 10.0 Å². The number of nitrogens with zero attached hydrogens (tertiary/aromatic N) is 2. The first-order valence-corrected chi connectivity index (χ1v) is 16.7. The minimum Gasteiger partial charge on any atom is -0.493 e. The number of rotatable bonds is 7. The first-order valence-electron chi connectivity index (χ1n) is 15.0. The third-order valence-electron chi connectivity index (χ3n) is 8.46. The van der Waals surface area contributed by atoms with Crippen LogP contribution in [-0.4, -0.2) is 54.4 Å². The number of carbonyl (C=O) groups excluding carboxylic acids is 2. The van der Waals surface area contributed by atoms with E-state index in [1.54, 1.807) is 47.1 Å². The fraction of sp³-hybridized carbons (Fsp3) is 0.294. The van der Waals surface area contributed by atoms with Crippen molar-refractivity contribution in [1.29, 1.82) is 0 Å². The van der Waals surface area contributed by atoms with E-state index in [-0.39, 0.29) is 36.9 Å². The highest BCUT2D eigenvalue weighted by molar-refractivity contribution is 7.12. The first kappa shape index (κ1) is 33.3. The lowest BCUT2D eigenvalue weighted by molar-refractivity contribution is -0.141. The molecule has 6 rings (SSSR count). The average Bonchev–Trinajstić information content (AvgIpc) is 3.75. The van der Waals surface area contributed by atoms with Crippen molar-refractivity contribution in [2.75, 3.05) is 32.8 Å². The number of hydrogen-bond acceptors (Lipinski definition) is 6. The van der Waals surface area contributed by atoms with Gasteiger partial charge in [-0.1, -0.05) is 59.6 Å². The first-order chi connectivity index (χ1) is 22.5. The average molecular weight is 704 g/mol. The molecule has 0 spiro atoms. The zero-order chi connectivity index (χ0) is 33.3. The zero-order valence-corrected chi connectivity index (χ0v) is 27.5. The van der Waals surface area contributed by atoms with Crippen LogP contribution in [0.1, 0.15) is 50.9 Å². The van der Waals surface area contributed by atoms with Gasteiger partial charge in [0, 0.05) is 41.8 Å². The molecule has 2 N–H and O–H groups in total. The van der Waals surface area contributed by atoms with Gasteiger partial charge < -0.3 is 14.5 Å². The van der Waals surface area contributed by atoms with Gasteiger partial charge in [-0.05, 0) is 65.9 Å². The van der Waals surface area contributed by atoms with Crippen molar-refractivity contribution in [3.63, 3.8) is 0 Å². The van der Waals surface area contributed by atoms with Crippen molar-refractivity contribution in [3.8, 4) is 5.75 Å². The van der Waals surface area contributed by atoms with Gasteiger partial charge in [-0.3, -0.25) is 20.2 Å². The minimum atomic E-state index is -4.62. The Kier molecular flexibility index (Phi) is 9.55. The van der Waals surface area contributed by atoms with Crippen LogP contribution in [0.5, 0.6) is 5.75 Å². The SMILES string of the molecule is CCOc1cc(C(F)(F)F)ccc1C1(C(=O)N2CCN(C(=O)c3cccs3)CC2)NC(c2ccc(Cl)cc2)C(c2ccc(Cl)cc2)N1. The second-order valence-corrected chi connectivity index (χ2v) is 13.1. The maximum Gasteiger partial charge on any atom is 0.416 e. The largest absolute Gasteiger partial charge is 0.493 e. The number of halogens is 5. The Morgan fingerprint density at radius 3 is 1.91 bits per heavy atom. The third kappa shape index (κ3) is 6.73. The third-order valence-corrected chi connectivity index (χ3v) is 9.82. The Morgan fingerprint density at radius 2 is 1.43 bits per heavy atom. The summed E-state index contributed by atoms with van der Waals surface area (Å²) in [6, 6.07) is 20.0. The maximum absolute atomic E-state index is 14.9. The molecule has 4 aromatic rings. The summed E-state index contributed by atoms with van der Waals surface area (Å²) in [5, 5.41) is 9.92. The summed E-state index contributed by atoms with van der Waals surface area (Å²) in [6.45, 7) is 2.79. The quantitative estimate of drug-likeness (QED) is 0.212. The number of amides is 2. The van der Waals surface area contributed by atoms with Gasteiger partial charge in [0.05, 0.1) is 29.1 Å². The van der Waals surface area contributed by atoms with Crippen LogP contribution in [0.3, 0.4) is 0 Å². The van der Waals surface area contributed by atoms with E-state index in [2.05, 4.69) is 10.6 Å². The fourth-order valence-corrected chi connectivity index (χ4v) is 7.09. The molecule has 0 aliphatic carbocycles. The Morgan fingerprint density at radius 1 is 0.872 bits per heavy atom. The van der Waals surface area contributed by atoms with Gasteiger partial charge in [-0.15, -0.1) is 11.3 Å². The number of ether oxygens (including phenoxy) is 1. The predicted molar refractivity (Wildman–Crippen MR) is 176 cm³/mol. The highest BCUT2D eigenvalue weighted by Crippen LogP contribution is 2.46. The summed E-state index contributed by atoms with van der Waals surface area (Å²) in [5.41, 5.74) is -0.803. The summed E-state index contributed by atoms with van der Waals surface area (Å²) >= 11 is 13.8. The van der Waals surface area contributed by atoms with Crippen molar-refractivity contribution in [1.82, 2.24) is 20.4 Å². The minimum absolute atomic E-state index is 0.0727. The standard InChI is InChI=1S/C34H31Cl2F3N4O3S/c1-2-46-27-20-23(34(37,38)39)9-14-26(27)33(32(45)43-17-15-42(16-18-43)31(44)28-4-3-19-47-28)40-29(21-5-10-24(35)11-6-21)30(41-33)22-7-12-25(36)13-8-22/h3-14,19-20,29-30,40-41H,2,15-18H2,1H3. The van der Waals surface area contributed by atoms with Gasteiger partial charge in [-0.25, -0.2) is 0 Å². The molecule has 2 fully saturated rings. The van der Waals surface area contributed by atoms with E-state index in [0.29, 0.717) is 28.0 Å². The molecule has 0 bridgehead atoms. The molecular formula is C34H31Cl2F3N4O3S. The Bertz CT molecular complexity index is 1680. The lowest BCUT2D eigenvalue weighted by atomic mass is 9.94. The summed E-state index contributed by atoms with van der Waals surface area (Å²) < 4.78 is 47.5. The lowest BCUT2D eigenvalue weighted by Crippen LogP contribution is -2.62. The molecule has 2 atom stereocenters. The van der Waals surface area contributed by atoms with Crippen LogP contribution in [0.4, 0.5) is 13.2 Å². The van der Waals surface area contributed by atoms with Crippen LogP contribution < -0.4 is 15.4 Å². The predicted octanol–water partition coefficient (Wildman–Crippen LogP) is 7.29. The molecule has 2 aliphatic rings. The molecule has 2 unspecified atom stereocenters. The summed E-state index contributed by atoms with van der Waals surface area (Å²) in [5.74, 6) is -0.587. The molecule has 2 saturated heterocycles. The topological polar surface area (TPSA) is 73.9 Å². The van der Waals surface area contributed by atoms with Crippen LogP contribution in [0, 0.1) is 0 Å². The van der Waals surface area contributed by atoms with Crippen molar-refractivity contribution >= 4 is 46.4 Å². The number of hydrogen-bond donors (Lipinski definition) is 2. The normalized spacial score (nSPS) is 21.6. The monoisotopic (exact) mass is 702 g/mol. The van der Waals surface area contributed by atoms with E-state index in [1.807, 2.05) is 35.7 Å². The lowest BCUT2D eigenvalue weighted by Gasteiger charge is -2.40. The number of carbonyl (C=O) groups is 2.